The molecule has 0 aliphatic heterocycles. The van der Waals surface area contributed by atoms with Crippen LogP contribution in [0.3, 0.4) is 0 Å². The number of aliphatic hydroxyl groups excluding tert-OH is 1. The quantitative estimate of drug-likeness (QED) is 0.482. The number of hydrogen-bond donors (Lipinski definition) is 1. The molecule has 4 fully saturated rings. The first kappa shape index (κ1) is 22.2. The fraction of sp³-hybridized carbons (Fsp3) is 1.00. The highest BCUT2D eigenvalue weighted by Crippen LogP contribution is 2.68. The molecular weight excluding hydrogens is 352 g/mol. The molecule has 0 spiro atoms. The lowest BCUT2D eigenvalue weighted by molar-refractivity contribution is -0.123. The molecule has 4 aliphatic rings. The lowest BCUT2D eigenvalue weighted by Gasteiger charge is -2.61. The Morgan fingerprint density at radius 1 is 0.828 bits per heavy atom. The van der Waals surface area contributed by atoms with E-state index in [0.29, 0.717) is 23.4 Å². The van der Waals surface area contributed by atoms with Crippen LogP contribution in [0.15, 0.2) is 0 Å². The first-order valence-corrected chi connectivity index (χ1v) is 13.4. The molecule has 0 bridgehead atoms. The second-order valence-corrected chi connectivity index (χ2v) is 13.0. The summed E-state index contributed by atoms with van der Waals surface area (Å²) in [6.07, 6.45) is 17.3. The Morgan fingerprint density at radius 2 is 1.55 bits per heavy atom. The third-order valence-electron chi connectivity index (χ3n) is 11.2. The van der Waals surface area contributed by atoms with E-state index in [-0.39, 0.29) is 0 Å². The predicted molar refractivity (Wildman–Crippen MR) is 124 cm³/mol. The van der Waals surface area contributed by atoms with Crippen molar-refractivity contribution in [1.82, 2.24) is 0 Å². The molecule has 4 saturated carbocycles. The highest BCUT2D eigenvalue weighted by Gasteiger charge is 2.60. The topological polar surface area (TPSA) is 20.2 Å². The van der Waals surface area contributed by atoms with Gasteiger partial charge >= 0.3 is 0 Å². The highest BCUT2D eigenvalue weighted by atomic mass is 16.3. The van der Waals surface area contributed by atoms with Crippen LogP contribution in [0.1, 0.15) is 112 Å². The van der Waals surface area contributed by atoms with Crippen molar-refractivity contribution in [3.63, 3.8) is 0 Å². The summed E-state index contributed by atoms with van der Waals surface area (Å²) in [7, 11) is 0. The van der Waals surface area contributed by atoms with Gasteiger partial charge < -0.3 is 5.11 Å². The van der Waals surface area contributed by atoms with Crippen LogP contribution in [0.4, 0.5) is 0 Å². The van der Waals surface area contributed by atoms with E-state index in [2.05, 4.69) is 34.6 Å². The molecule has 0 saturated heterocycles. The molecule has 4 aliphatic carbocycles. The van der Waals surface area contributed by atoms with Crippen molar-refractivity contribution in [3.05, 3.63) is 0 Å². The fourth-order valence-corrected chi connectivity index (χ4v) is 9.54. The van der Waals surface area contributed by atoms with Crippen LogP contribution in [0.2, 0.25) is 0 Å². The van der Waals surface area contributed by atoms with Crippen molar-refractivity contribution in [2.75, 3.05) is 6.61 Å². The van der Waals surface area contributed by atoms with E-state index in [4.69, 9.17) is 0 Å². The van der Waals surface area contributed by atoms with Gasteiger partial charge in [-0.25, -0.2) is 0 Å². The molecule has 0 heterocycles. The van der Waals surface area contributed by atoms with Gasteiger partial charge in [-0.05, 0) is 116 Å². The van der Waals surface area contributed by atoms with Gasteiger partial charge in [-0.2, -0.15) is 0 Å². The molecule has 0 aromatic carbocycles. The zero-order valence-electron chi connectivity index (χ0n) is 20.3. The molecular formula is C28H50O. The van der Waals surface area contributed by atoms with Crippen molar-refractivity contribution in [1.29, 1.82) is 0 Å². The molecule has 1 heteroatoms. The monoisotopic (exact) mass is 402 g/mol. The standard InChI is InChI=1S/C28H50O/c1-19(2)7-6-8-20(3)24-11-12-25-23-10-9-22-17-21(18-29)13-15-27(22,4)26(23)14-16-28(24,25)5/h19-26,29H,6-18H2,1-5H3/t20-,21-,22+,23?,24-,25?,26?,27+,28-/m1/s1. The summed E-state index contributed by atoms with van der Waals surface area (Å²) < 4.78 is 0. The molecule has 0 aromatic heterocycles. The largest absolute Gasteiger partial charge is 0.396 e. The molecule has 0 aromatic rings. The molecule has 0 radical (unpaired) electrons. The molecule has 29 heavy (non-hydrogen) atoms. The maximum absolute atomic E-state index is 9.73. The average Bonchev–Trinajstić information content (AvgIpc) is 3.04. The van der Waals surface area contributed by atoms with Crippen molar-refractivity contribution >= 4 is 0 Å². The Hall–Kier alpha value is -0.0400. The Kier molecular flexibility index (Phi) is 6.48. The molecule has 168 valence electrons. The predicted octanol–water partition coefficient (Wildman–Crippen LogP) is 7.72. The first-order valence-electron chi connectivity index (χ1n) is 13.4. The maximum atomic E-state index is 9.73. The zero-order valence-corrected chi connectivity index (χ0v) is 20.3. The summed E-state index contributed by atoms with van der Waals surface area (Å²) in [5, 5.41) is 9.73. The van der Waals surface area contributed by atoms with E-state index >= 15 is 0 Å². The van der Waals surface area contributed by atoms with Gasteiger partial charge in [0.25, 0.3) is 0 Å². The van der Waals surface area contributed by atoms with E-state index < -0.39 is 0 Å². The fourth-order valence-electron chi connectivity index (χ4n) is 9.54. The Bertz CT molecular complexity index is 555. The minimum atomic E-state index is 0.428. The van der Waals surface area contributed by atoms with Gasteiger partial charge in [-0.3, -0.25) is 0 Å². The summed E-state index contributed by atoms with van der Waals surface area (Å²) in [6, 6.07) is 0. The Balaban J connectivity index is 1.45. The Labute approximate surface area is 181 Å². The molecule has 1 nitrogen and oxygen atoms in total. The van der Waals surface area contributed by atoms with Crippen LogP contribution in [-0.4, -0.2) is 11.7 Å². The third kappa shape index (κ3) is 3.85. The van der Waals surface area contributed by atoms with Gasteiger partial charge in [0.05, 0.1) is 0 Å². The van der Waals surface area contributed by atoms with E-state index in [1.165, 1.54) is 77.0 Å². The zero-order chi connectivity index (χ0) is 20.8. The summed E-state index contributed by atoms with van der Waals surface area (Å²) in [5.41, 5.74) is 1.21. The minimum Gasteiger partial charge on any atom is -0.396 e. The molecule has 3 unspecified atom stereocenters. The van der Waals surface area contributed by atoms with E-state index in [1.54, 1.807) is 0 Å². The molecule has 9 atom stereocenters. The van der Waals surface area contributed by atoms with E-state index in [1.807, 2.05) is 0 Å². The van der Waals surface area contributed by atoms with Crippen molar-refractivity contribution in [2.45, 2.75) is 112 Å². The number of hydrogen-bond acceptors (Lipinski definition) is 1. The summed E-state index contributed by atoms with van der Waals surface area (Å²) >= 11 is 0. The minimum absolute atomic E-state index is 0.428. The van der Waals surface area contributed by atoms with Crippen LogP contribution in [0.25, 0.3) is 0 Å². The Morgan fingerprint density at radius 3 is 2.28 bits per heavy atom. The smallest absolute Gasteiger partial charge is 0.0459 e. The van der Waals surface area contributed by atoms with E-state index in [0.717, 1.165) is 41.4 Å². The summed E-state index contributed by atoms with van der Waals surface area (Å²) in [4.78, 5) is 0. The number of fused-ring (bicyclic) bond motifs is 5. The van der Waals surface area contributed by atoms with E-state index in [9.17, 15) is 5.11 Å². The van der Waals surface area contributed by atoms with Crippen LogP contribution >= 0.6 is 0 Å². The normalized spacial score (nSPS) is 48.1. The molecule has 1 N–H and O–H groups in total. The maximum Gasteiger partial charge on any atom is 0.0459 e. The van der Waals surface area contributed by atoms with Crippen molar-refractivity contribution < 1.29 is 5.11 Å². The second-order valence-electron chi connectivity index (χ2n) is 13.0. The van der Waals surface area contributed by atoms with Gasteiger partial charge in [-0.1, -0.05) is 53.9 Å². The van der Waals surface area contributed by atoms with Gasteiger partial charge in [0, 0.05) is 6.61 Å². The van der Waals surface area contributed by atoms with Crippen LogP contribution in [-0.2, 0) is 0 Å². The van der Waals surface area contributed by atoms with Gasteiger partial charge in [0.1, 0.15) is 0 Å². The van der Waals surface area contributed by atoms with Crippen molar-refractivity contribution in [3.8, 4) is 0 Å². The summed E-state index contributed by atoms with van der Waals surface area (Å²) in [6.45, 7) is 13.2. The number of aliphatic hydroxyl groups is 1. The second kappa shape index (κ2) is 8.48. The first-order chi connectivity index (χ1) is 13.8. The molecule has 0 amide bonds. The van der Waals surface area contributed by atoms with Crippen LogP contribution in [0.5, 0.6) is 0 Å². The number of rotatable bonds is 6. The lowest BCUT2D eigenvalue weighted by Crippen LogP contribution is -2.53. The van der Waals surface area contributed by atoms with Gasteiger partial charge in [0.2, 0.25) is 0 Å². The third-order valence-corrected chi connectivity index (χ3v) is 11.2. The summed E-state index contributed by atoms with van der Waals surface area (Å²) in [5.74, 6) is 7.26. The highest BCUT2D eigenvalue weighted by molar-refractivity contribution is 5.09. The van der Waals surface area contributed by atoms with Crippen LogP contribution in [0, 0.1) is 58.2 Å². The molecule has 4 rings (SSSR count). The van der Waals surface area contributed by atoms with Crippen LogP contribution < -0.4 is 0 Å². The van der Waals surface area contributed by atoms with Gasteiger partial charge in [0.15, 0.2) is 0 Å². The lowest BCUT2D eigenvalue weighted by atomic mass is 9.44. The van der Waals surface area contributed by atoms with Crippen molar-refractivity contribution in [2.24, 2.45) is 58.2 Å². The average molecular weight is 403 g/mol. The van der Waals surface area contributed by atoms with Gasteiger partial charge in [-0.15, -0.1) is 0 Å². The SMILES string of the molecule is CC(C)CCC[C@@H](C)[C@H]1CCC2C3CC[C@H]4C[C@H](CO)CC[C@]4(C)C3CC[C@@]21C.